The van der Waals surface area contributed by atoms with E-state index < -0.39 is 8.32 Å². The number of likely N-dealkylation sites (tertiary alicyclic amines) is 1. The lowest BCUT2D eigenvalue weighted by Gasteiger charge is -2.44. The van der Waals surface area contributed by atoms with Gasteiger partial charge < -0.3 is 9.16 Å². The lowest BCUT2D eigenvalue weighted by atomic mass is 9.94. The van der Waals surface area contributed by atoms with Crippen molar-refractivity contribution in [3.05, 3.63) is 35.9 Å². The Morgan fingerprint density at radius 1 is 1.13 bits per heavy atom. The molecule has 2 atom stereocenters. The second kappa shape index (κ2) is 11.4. The summed E-state index contributed by atoms with van der Waals surface area (Å²) < 4.78 is 12.5. The molecule has 1 aliphatic heterocycles. The second-order valence-electron chi connectivity index (χ2n) is 10.3. The molecule has 0 aromatic heterocycles. The summed E-state index contributed by atoms with van der Waals surface area (Å²) in [6.07, 6.45) is 5.30. The zero-order valence-corrected chi connectivity index (χ0v) is 21.1. The van der Waals surface area contributed by atoms with E-state index in [1.807, 2.05) is 6.07 Å². The highest BCUT2D eigenvalue weighted by atomic mass is 28.4. The molecule has 1 aliphatic rings. The van der Waals surface area contributed by atoms with Crippen LogP contribution in [-0.4, -0.2) is 45.0 Å². The van der Waals surface area contributed by atoms with Gasteiger partial charge in [0, 0.05) is 19.6 Å². The molecule has 5 heteroatoms. The Labute approximate surface area is 185 Å². The van der Waals surface area contributed by atoms with E-state index in [9.17, 15) is 4.79 Å². The predicted molar refractivity (Wildman–Crippen MR) is 127 cm³/mol. The van der Waals surface area contributed by atoms with E-state index in [4.69, 9.17) is 9.16 Å². The van der Waals surface area contributed by atoms with E-state index in [-0.39, 0.29) is 23.0 Å². The van der Waals surface area contributed by atoms with E-state index >= 15 is 0 Å². The van der Waals surface area contributed by atoms with Gasteiger partial charge >= 0.3 is 5.97 Å². The van der Waals surface area contributed by atoms with Crippen molar-refractivity contribution in [1.82, 2.24) is 4.90 Å². The molecule has 170 valence electrons. The minimum Gasteiger partial charge on any atom is -0.465 e. The molecule has 0 saturated carbocycles. The Balaban J connectivity index is 2.04. The first-order valence-corrected chi connectivity index (χ1v) is 14.7. The minimum absolute atomic E-state index is 0.0407. The normalized spacial score (nSPS) is 20.9. The molecule has 0 N–H and O–H groups in total. The SMILES string of the molecule is CCCCCCOC(=O)[C@@H]1CN(Cc2ccccc2)CC[C@H]1O[Si](C)(C)C(C)(C)C. The van der Waals surface area contributed by atoms with Gasteiger partial charge in [-0.05, 0) is 36.5 Å². The molecule has 0 bridgehead atoms. The maximum absolute atomic E-state index is 13.1. The molecule has 4 nitrogen and oxygen atoms in total. The number of benzene rings is 1. The van der Waals surface area contributed by atoms with Gasteiger partial charge in [-0.3, -0.25) is 9.69 Å². The van der Waals surface area contributed by atoms with Crippen LogP contribution in [0, 0.1) is 5.92 Å². The number of esters is 1. The first kappa shape index (κ1) is 25.1. The van der Waals surface area contributed by atoms with Gasteiger partial charge in [-0.15, -0.1) is 0 Å². The number of hydrogen-bond acceptors (Lipinski definition) is 4. The number of unbranched alkanes of at least 4 members (excludes halogenated alkanes) is 3. The third-order valence-corrected chi connectivity index (χ3v) is 11.2. The topological polar surface area (TPSA) is 38.8 Å². The largest absolute Gasteiger partial charge is 0.465 e. The van der Waals surface area contributed by atoms with Gasteiger partial charge in [0.2, 0.25) is 0 Å². The molecule has 1 aromatic rings. The van der Waals surface area contributed by atoms with Crippen molar-refractivity contribution >= 4 is 14.3 Å². The summed E-state index contributed by atoms with van der Waals surface area (Å²) in [6, 6.07) is 10.5. The van der Waals surface area contributed by atoms with Crippen LogP contribution in [0.25, 0.3) is 0 Å². The predicted octanol–water partition coefficient (Wildman–Crippen LogP) is 6.02. The maximum Gasteiger partial charge on any atom is 0.312 e. The van der Waals surface area contributed by atoms with Crippen LogP contribution >= 0.6 is 0 Å². The van der Waals surface area contributed by atoms with Gasteiger partial charge in [-0.1, -0.05) is 77.3 Å². The van der Waals surface area contributed by atoms with Crippen molar-refractivity contribution in [1.29, 1.82) is 0 Å². The van der Waals surface area contributed by atoms with E-state index in [1.165, 1.54) is 18.4 Å². The minimum atomic E-state index is -1.95. The molecular formula is C25H43NO3Si. The molecule has 1 saturated heterocycles. The van der Waals surface area contributed by atoms with Crippen LogP contribution in [0.1, 0.15) is 65.4 Å². The van der Waals surface area contributed by atoms with E-state index in [1.54, 1.807) is 0 Å². The molecule has 1 aromatic carbocycles. The summed E-state index contributed by atoms with van der Waals surface area (Å²) in [5.41, 5.74) is 1.29. The van der Waals surface area contributed by atoms with E-state index in [0.29, 0.717) is 13.2 Å². The van der Waals surface area contributed by atoms with Crippen LogP contribution in [-0.2, 0) is 20.5 Å². The van der Waals surface area contributed by atoms with Crippen LogP contribution in [0.5, 0.6) is 0 Å². The third-order valence-electron chi connectivity index (χ3n) is 6.68. The average molecular weight is 434 g/mol. The molecule has 1 fully saturated rings. The van der Waals surface area contributed by atoms with Gasteiger partial charge in [0.1, 0.15) is 0 Å². The number of piperidine rings is 1. The molecule has 0 unspecified atom stereocenters. The highest BCUT2D eigenvalue weighted by Crippen LogP contribution is 2.39. The van der Waals surface area contributed by atoms with Gasteiger partial charge in [0.15, 0.2) is 8.32 Å². The van der Waals surface area contributed by atoms with Crippen molar-refractivity contribution < 1.29 is 14.0 Å². The lowest BCUT2D eigenvalue weighted by Crippen LogP contribution is -2.53. The summed E-state index contributed by atoms with van der Waals surface area (Å²) >= 11 is 0. The van der Waals surface area contributed by atoms with E-state index in [0.717, 1.165) is 32.4 Å². The highest BCUT2D eigenvalue weighted by molar-refractivity contribution is 6.74. The van der Waals surface area contributed by atoms with Crippen LogP contribution < -0.4 is 0 Å². The lowest BCUT2D eigenvalue weighted by molar-refractivity contribution is -0.155. The summed E-state index contributed by atoms with van der Waals surface area (Å²) in [4.78, 5) is 15.4. The summed E-state index contributed by atoms with van der Waals surface area (Å²) in [6.45, 7) is 16.6. The Morgan fingerprint density at radius 2 is 1.83 bits per heavy atom. The molecule has 0 spiro atoms. The fourth-order valence-electron chi connectivity index (χ4n) is 3.71. The van der Waals surface area contributed by atoms with Crippen LogP contribution in [0.3, 0.4) is 0 Å². The quantitative estimate of drug-likeness (QED) is 0.257. The zero-order chi connectivity index (χ0) is 22.2. The maximum atomic E-state index is 13.1. The van der Waals surface area contributed by atoms with Crippen molar-refractivity contribution in [2.75, 3.05) is 19.7 Å². The first-order valence-electron chi connectivity index (χ1n) is 11.7. The monoisotopic (exact) mass is 433 g/mol. The summed E-state index contributed by atoms with van der Waals surface area (Å²) in [7, 11) is -1.95. The van der Waals surface area contributed by atoms with Crippen molar-refractivity contribution in [3.63, 3.8) is 0 Å². The van der Waals surface area contributed by atoms with E-state index in [2.05, 4.69) is 70.0 Å². The number of ether oxygens (including phenoxy) is 1. The van der Waals surface area contributed by atoms with Gasteiger partial charge in [0.05, 0.1) is 18.6 Å². The van der Waals surface area contributed by atoms with Crippen LogP contribution in [0.4, 0.5) is 0 Å². The van der Waals surface area contributed by atoms with Crippen molar-refractivity contribution in [2.45, 2.75) is 90.6 Å². The number of carbonyl (C=O) groups excluding carboxylic acids is 1. The summed E-state index contributed by atoms with van der Waals surface area (Å²) in [5.74, 6) is -0.282. The third kappa shape index (κ3) is 7.51. The molecular weight excluding hydrogens is 390 g/mol. The van der Waals surface area contributed by atoms with Crippen molar-refractivity contribution in [2.24, 2.45) is 5.92 Å². The Hall–Kier alpha value is -1.17. The number of rotatable bonds is 10. The fourth-order valence-corrected chi connectivity index (χ4v) is 5.11. The Kier molecular flexibility index (Phi) is 9.57. The fraction of sp³-hybridized carbons (Fsp3) is 0.720. The summed E-state index contributed by atoms with van der Waals surface area (Å²) in [5, 5.41) is 0.128. The number of carbonyl (C=O) groups is 1. The van der Waals surface area contributed by atoms with Gasteiger partial charge in [0.25, 0.3) is 0 Å². The molecule has 0 aliphatic carbocycles. The molecule has 0 radical (unpaired) electrons. The Morgan fingerprint density at radius 3 is 2.47 bits per heavy atom. The van der Waals surface area contributed by atoms with Crippen LogP contribution in [0.2, 0.25) is 18.1 Å². The zero-order valence-electron chi connectivity index (χ0n) is 20.1. The second-order valence-corrected chi connectivity index (χ2v) is 15.0. The van der Waals surface area contributed by atoms with Gasteiger partial charge in [-0.25, -0.2) is 0 Å². The first-order chi connectivity index (χ1) is 14.1. The Bertz CT molecular complexity index is 642. The molecule has 2 rings (SSSR count). The molecule has 30 heavy (non-hydrogen) atoms. The average Bonchev–Trinajstić information content (AvgIpc) is 2.68. The smallest absolute Gasteiger partial charge is 0.312 e. The highest BCUT2D eigenvalue weighted by Gasteiger charge is 2.44. The number of nitrogens with zero attached hydrogens (tertiary/aromatic N) is 1. The van der Waals surface area contributed by atoms with Crippen LogP contribution in [0.15, 0.2) is 30.3 Å². The van der Waals surface area contributed by atoms with Gasteiger partial charge in [-0.2, -0.15) is 0 Å². The van der Waals surface area contributed by atoms with Crippen molar-refractivity contribution in [3.8, 4) is 0 Å². The molecule has 0 amide bonds. The molecule has 1 heterocycles. The number of hydrogen-bond donors (Lipinski definition) is 0. The standard InChI is InChI=1S/C25H43NO3Si/c1-7-8-9-13-18-28-24(27)22-20-26(19-21-14-11-10-12-15-21)17-16-23(22)29-30(5,6)25(2,3)4/h10-12,14-15,22-23H,7-9,13,16-20H2,1-6H3/t22-,23-/m1/s1.